The molecule has 7 nitrogen and oxygen atoms in total. The van der Waals surface area contributed by atoms with Gasteiger partial charge in [-0.25, -0.2) is 9.50 Å². The van der Waals surface area contributed by atoms with Gasteiger partial charge in [0.2, 0.25) is 0 Å². The molecule has 5 heterocycles. The summed E-state index contributed by atoms with van der Waals surface area (Å²) >= 11 is 0. The lowest BCUT2D eigenvalue weighted by molar-refractivity contribution is 0.0604. The second-order valence-electron chi connectivity index (χ2n) is 9.69. The second kappa shape index (κ2) is 8.36. The van der Waals surface area contributed by atoms with E-state index in [1.165, 1.54) is 18.4 Å². The summed E-state index contributed by atoms with van der Waals surface area (Å²) in [5.41, 5.74) is 6.11. The maximum absolute atomic E-state index is 13.8. The van der Waals surface area contributed by atoms with Crippen LogP contribution < -0.4 is 10.2 Å². The van der Waals surface area contributed by atoms with Crippen LogP contribution in [0.3, 0.4) is 0 Å². The number of hydrogen-bond donors (Lipinski definition) is 1. The fourth-order valence-corrected chi connectivity index (χ4v) is 5.78. The summed E-state index contributed by atoms with van der Waals surface area (Å²) in [7, 11) is 0. The van der Waals surface area contributed by atoms with Gasteiger partial charge in [0.25, 0.3) is 5.91 Å². The number of benzene rings is 1. The highest BCUT2D eigenvalue weighted by molar-refractivity contribution is 5.97. The van der Waals surface area contributed by atoms with E-state index in [1.807, 2.05) is 16.6 Å². The monoisotopic (exact) mass is 444 g/mol. The number of aryl methyl sites for hydroxylation is 1. The van der Waals surface area contributed by atoms with E-state index in [1.54, 1.807) is 0 Å². The molecular weight excluding hydrogens is 412 g/mol. The smallest absolute Gasteiger partial charge is 0.254 e. The first kappa shape index (κ1) is 20.5. The number of carbonyl (C=O) groups excluding carboxylic acids is 1. The minimum absolute atomic E-state index is 0.00380. The molecule has 1 N–H and O–H groups in total. The van der Waals surface area contributed by atoms with Crippen molar-refractivity contribution in [1.82, 2.24) is 19.5 Å². The molecule has 1 aromatic carbocycles. The van der Waals surface area contributed by atoms with Gasteiger partial charge >= 0.3 is 0 Å². The van der Waals surface area contributed by atoms with Crippen LogP contribution in [-0.2, 0) is 6.42 Å². The molecule has 0 radical (unpaired) electrons. The van der Waals surface area contributed by atoms with Crippen molar-refractivity contribution < 1.29 is 4.79 Å². The van der Waals surface area contributed by atoms with Gasteiger partial charge in [0.05, 0.1) is 11.7 Å². The number of rotatable bonds is 3. The van der Waals surface area contributed by atoms with Crippen LogP contribution in [0.15, 0.2) is 30.5 Å². The van der Waals surface area contributed by atoms with E-state index in [-0.39, 0.29) is 11.9 Å². The molecule has 1 atom stereocenters. The highest BCUT2D eigenvalue weighted by Crippen LogP contribution is 2.34. The van der Waals surface area contributed by atoms with Crippen LogP contribution >= 0.6 is 0 Å². The summed E-state index contributed by atoms with van der Waals surface area (Å²) in [6, 6.07) is 8.18. The average molecular weight is 445 g/mol. The predicted octanol–water partition coefficient (Wildman–Crippen LogP) is 4.36. The molecule has 2 aromatic heterocycles. The Morgan fingerprint density at radius 1 is 1.09 bits per heavy atom. The summed E-state index contributed by atoms with van der Waals surface area (Å²) in [4.78, 5) is 23.2. The van der Waals surface area contributed by atoms with E-state index < -0.39 is 0 Å². The lowest BCUT2D eigenvalue weighted by atomic mass is 9.94. The molecule has 2 saturated heterocycles. The summed E-state index contributed by atoms with van der Waals surface area (Å²) < 4.78 is 1.90. The van der Waals surface area contributed by atoms with E-state index in [0.29, 0.717) is 0 Å². The van der Waals surface area contributed by atoms with Crippen LogP contribution in [0, 0.1) is 6.92 Å². The summed E-state index contributed by atoms with van der Waals surface area (Å²) in [6.45, 7) is 6.02. The first-order chi connectivity index (χ1) is 16.2. The molecule has 0 bridgehead atoms. The van der Waals surface area contributed by atoms with Crippen LogP contribution in [0.4, 0.5) is 11.5 Å². The zero-order chi connectivity index (χ0) is 22.4. The number of piperidine rings is 1. The summed E-state index contributed by atoms with van der Waals surface area (Å²) in [5.74, 6) is 1.21. The molecule has 7 heteroatoms. The molecule has 3 aliphatic heterocycles. The Bertz CT molecular complexity index is 1190. The standard InChI is InChI=1S/C26H32N6O/c1-18-17-32-24(28-25(18)30-13-4-5-14-30)16-22(29-32)23-11-2-3-15-31(23)26(33)20-8-6-10-21-19(20)9-7-12-27-21/h6,8,10,16-17,23,27H,2-5,7,9,11-15H2,1H3. The van der Waals surface area contributed by atoms with E-state index >= 15 is 0 Å². The van der Waals surface area contributed by atoms with Gasteiger partial charge in [-0.05, 0) is 69.6 Å². The largest absolute Gasteiger partial charge is 0.385 e. The Labute approximate surface area is 194 Å². The number of carbonyl (C=O) groups is 1. The topological polar surface area (TPSA) is 65.8 Å². The first-order valence-corrected chi connectivity index (χ1v) is 12.5. The third-order valence-corrected chi connectivity index (χ3v) is 7.46. The molecule has 6 rings (SSSR count). The van der Waals surface area contributed by atoms with Crippen molar-refractivity contribution in [3.8, 4) is 0 Å². The van der Waals surface area contributed by atoms with Crippen molar-refractivity contribution in [2.24, 2.45) is 0 Å². The lowest BCUT2D eigenvalue weighted by Crippen LogP contribution is -2.39. The third-order valence-electron chi connectivity index (χ3n) is 7.46. The number of fused-ring (bicyclic) bond motifs is 2. The average Bonchev–Trinajstić information content (AvgIpc) is 3.52. The molecule has 3 aliphatic rings. The SMILES string of the molecule is Cc1cn2nc(C3CCCCN3C(=O)c3cccc4c3CCCN4)cc2nc1N1CCCC1. The van der Waals surface area contributed by atoms with Crippen LogP contribution in [0.2, 0.25) is 0 Å². The molecule has 1 amide bonds. The molecule has 3 aromatic rings. The zero-order valence-corrected chi connectivity index (χ0v) is 19.4. The van der Waals surface area contributed by atoms with Crippen LogP contribution in [-0.4, -0.2) is 51.6 Å². The Hall–Kier alpha value is -3.09. The normalized spacial score (nSPS) is 20.7. The minimum atomic E-state index is -0.00380. The minimum Gasteiger partial charge on any atom is -0.385 e. The van der Waals surface area contributed by atoms with E-state index in [0.717, 1.165) is 92.3 Å². The van der Waals surface area contributed by atoms with Gasteiger partial charge in [-0.15, -0.1) is 0 Å². The molecule has 0 saturated carbocycles. The fourth-order valence-electron chi connectivity index (χ4n) is 5.78. The van der Waals surface area contributed by atoms with Gasteiger partial charge in [-0.2, -0.15) is 5.10 Å². The number of nitrogens with one attached hydrogen (secondary N) is 1. The maximum atomic E-state index is 13.8. The van der Waals surface area contributed by atoms with Gasteiger partial charge < -0.3 is 15.1 Å². The Kier molecular flexibility index (Phi) is 5.19. The molecule has 1 unspecified atom stereocenters. The van der Waals surface area contributed by atoms with Crippen LogP contribution in [0.25, 0.3) is 5.65 Å². The van der Waals surface area contributed by atoms with Gasteiger partial charge in [0.1, 0.15) is 5.82 Å². The number of aromatic nitrogens is 3. The molecule has 0 spiro atoms. The number of anilines is 2. The Morgan fingerprint density at radius 3 is 2.82 bits per heavy atom. The third kappa shape index (κ3) is 3.63. The highest BCUT2D eigenvalue weighted by Gasteiger charge is 2.32. The van der Waals surface area contributed by atoms with E-state index in [9.17, 15) is 4.79 Å². The zero-order valence-electron chi connectivity index (χ0n) is 19.4. The summed E-state index contributed by atoms with van der Waals surface area (Å²) in [6.07, 6.45) is 9.68. The van der Waals surface area contributed by atoms with E-state index in [4.69, 9.17) is 10.1 Å². The van der Waals surface area contributed by atoms with Gasteiger partial charge in [-0.1, -0.05) is 6.07 Å². The van der Waals surface area contributed by atoms with E-state index in [2.05, 4.69) is 40.4 Å². The Balaban J connectivity index is 1.34. The van der Waals surface area contributed by atoms with Gasteiger partial charge in [0, 0.05) is 55.3 Å². The lowest BCUT2D eigenvalue weighted by Gasteiger charge is -2.35. The molecule has 33 heavy (non-hydrogen) atoms. The maximum Gasteiger partial charge on any atom is 0.254 e. The first-order valence-electron chi connectivity index (χ1n) is 12.5. The van der Waals surface area contributed by atoms with Gasteiger partial charge in [-0.3, -0.25) is 4.79 Å². The number of nitrogens with zero attached hydrogens (tertiary/aromatic N) is 5. The van der Waals surface area contributed by atoms with Crippen molar-refractivity contribution in [3.63, 3.8) is 0 Å². The van der Waals surface area contributed by atoms with Crippen molar-refractivity contribution >= 4 is 23.1 Å². The van der Waals surface area contributed by atoms with Gasteiger partial charge in [0.15, 0.2) is 5.65 Å². The number of amides is 1. The van der Waals surface area contributed by atoms with Crippen molar-refractivity contribution in [2.45, 2.75) is 57.9 Å². The van der Waals surface area contributed by atoms with Crippen LogP contribution in [0.5, 0.6) is 0 Å². The number of likely N-dealkylation sites (tertiary alicyclic amines) is 1. The molecular formula is C26H32N6O. The van der Waals surface area contributed by atoms with Crippen molar-refractivity contribution in [3.05, 3.63) is 52.8 Å². The predicted molar refractivity (Wildman–Crippen MR) is 130 cm³/mol. The van der Waals surface area contributed by atoms with Crippen molar-refractivity contribution in [2.75, 3.05) is 36.4 Å². The van der Waals surface area contributed by atoms with Crippen LogP contribution in [0.1, 0.15) is 71.7 Å². The molecule has 2 fully saturated rings. The highest BCUT2D eigenvalue weighted by atomic mass is 16.2. The molecule has 172 valence electrons. The number of hydrogen-bond acceptors (Lipinski definition) is 5. The van der Waals surface area contributed by atoms with Crippen molar-refractivity contribution in [1.29, 1.82) is 0 Å². The fraction of sp³-hybridized carbons (Fsp3) is 0.500. The summed E-state index contributed by atoms with van der Waals surface area (Å²) in [5, 5.41) is 8.36. The quantitative estimate of drug-likeness (QED) is 0.650. The molecule has 0 aliphatic carbocycles. The second-order valence-corrected chi connectivity index (χ2v) is 9.69. The Morgan fingerprint density at radius 2 is 1.94 bits per heavy atom.